The van der Waals surface area contributed by atoms with Crippen LogP contribution in [0.3, 0.4) is 0 Å². The number of hydrogen-bond donors (Lipinski definition) is 0. The Morgan fingerprint density at radius 1 is 0.466 bits per heavy atom. The van der Waals surface area contributed by atoms with Gasteiger partial charge < -0.3 is 9.71 Å². The minimum absolute atomic E-state index is 0.0123. The van der Waals surface area contributed by atoms with Gasteiger partial charge in [-0.25, -0.2) is 0 Å². The summed E-state index contributed by atoms with van der Waals surface area (Å²) >= 11 is 1.90. The Kier molecular flexibility index (Phi) is 7.69. The van der Waals surface area contributed by atoms with Crippen LogP contribution in [0.1, 0.15) is 52.7 Å². The molecule has 0 aliphatic carbocycles. The quantitative estimate of drug-likeness (QED) is 0.165. The predicted molar refractivity (Wildman–Crippen MR) is 253 cm³/mol. The highest BCUT2D eigenvalue weighted by Gasteiger charge is 2.46. The topological polar surface area (TPSA) is 6.48 Å². The van der Waals surface area contributed by atoms with Gasteiger partial charge in [-0.05, 0) is 97.9 Å². The zero-order chi connectivity index (χ0) is 39.5. The van der Waals surface area contributed by atoms with Crippen molar-refractivity contribution in [3.05, 3.63) is 175 Å². The molecule has 2 nitrogen and oxygen atoms in total. The molecular weight excluding hydrogens is 719 g/mol. The molecule has 3 heterocycles. The molecule has 0 spiro atoms. The van der Waals surface area contributed by atoms with E-state index in [2.05, 4.69) is 215 Å². The van der Waals surface area contributed by atoms with Gasteiger partial charge in [-0.1, -0.05) is 157 Å². The van der Waals surface area contributed by atoms with Crippen molar-refractivity contribution < 1.29 is 0 Å². The molecule has 280 valence electrons. The van der Waals surface area contributed by atoms with Crippen molar-refractivity contribution >= 4 is 88.5 Å². The minimum Gasteiger partial charge on any atom is -0.376 e. The summed E-state index contributed by atoms with van der Waals surface area (Å²) in [6, 6.07) is 62.1. The van der Waals surface area contributed by atoms with E-state index in [0.717, 1.165) is 0 Å². The first-order valence-electron chi connectivity index (χ1n) is 20.5. The second-order valence-corrected chi connectivity index (χ2v) is 19.3. The summed E-state index contributed by atoms with van der Waals surface area (Å²) in [6.07, 6.45) is 0. The molecule has 0 saturated heterocycles. The maximum atomic E-state index is 2.64. The van der Waals surface area contributed by atoms with Crippen LogP contribution in [0.25, 0.3) is 53.2 Å². The third kappa shape index (κ3) is 5.31. The molecule has 1 aromatic heterocycles. The predicted octanol–water partition coefficient (Wildman–Crippen LogP) is 14.2. The van der Waals surface area contributed by atoms with Crippen molar-refractivity contribution in [2.24, 2.45) is 0 Å². The van der Waals surface area contributed by atoms with Crippen molar-refractivity contribution in [3.8, 4) is 22.3 Å². The Morgan fingerprint density at radius 3 is 1.91 bits per heavy atom. The highest BCUT2D eigenvalue weighted by molar-refractivity contribution is 7.26. The number of fused-ring (bicyclic) bond motifs is 9. The average molecular weight is 765 g/mol. The van der Waals surface area contributed by atoms with E-state index in [1.54, 1.807) is 0 Å². The summed E-state index contributed by atoms with van der Waals surface area (Å²) in [5, 5.41) is 5.14. The van der Waals surface area contributed by atoms with Gasteiger partial charge in [-0.2, -0.15) is 0 Å². The molecule has 0 N–H and O–H groups in total. The Bertz CT molecular complexity index is 3090. The van der Waals surface area contributed by atoms with Crippen LogP contribution in [0.5, 0.6) is 0 Å². The van der Waals surface area contributed by atoms with Gasteiger partial charge in [-0.3, -0.25) is 0 Å². The van der Waals surface area contributed by atoms with Crippen LogP contribution >= 0.6 is 11.3 Å². The van der Waals surface area contributed by atoms with E-state index in [4.69, 9.17) is 0 Å². The van der Waals surface area contributed by atoms with E-state index in [9.17, 15) is 0 Å². The van der Waals surface area contributed by atoms with Crippen LogP contribution in [0.2, 0.25) is 0 Å². The molecule has 0 amide bonds. The van der Waals surface area contributed by atoms with Gasteiger partial charge in [0.15, 0.2) is 0 Å². The van der Waals surface area contributed by atoms with Crippen LogP contribution in [0.4, 0.5) is 28.4 Å². The number of nitrogens with zero attached hydrogens (tertiary/aromatic N) is 2. The van der Waals surface area contributed by atoms with Gasteiger partial charge in [0.05, 0.1) is 11.4 Å². The lowest BCUT2D eigenvalue weighted by Gasteiger charge is -2.46. The summed E-state index contributed by atoms with van der Waals surface area (Å²) in [7, 11) is 0. The number of para-hydroxylation sites is 1. The van der Waals surface area contributed by atoms with E-state index >= 15 is 0 Å². The van der Waals surface area contributed by atoms with Crippen molar-refractivity contribution in [1.29, 1.82) is 0 Å². The standard InChI is InChI=1S/C54H45BN2S/c1-53(2,3)36-24-27-38(28-25-36)57-47-22-14-12-20-40(47)44-30-35-18-10-11-19-39(35)52-51(44)55(57)45-32-43-41-21-13-15-23-49(41)58-50(43)33-48(45)56(52)46-29-26-37(54(4,5)6)31-42(46)34-16-8-7-9-17-34/h7-33H,1-6H3. The zero-order valence-corrected chi connectivity index (χ0v) is 34.8. The molecule has 58 heavy (non-hydrogen) atoms. The van der Waals surface area contributed by atoms with Crippen molar-refractivity contribution in [1.82, 2.24) is 0 Å². The Labute approximate surface area is 346 Å². The van der Waals surface area contributed by atoms with E-state index in [0.29, 0.717) is 0 Å². The van der Waals surface area contributed by atoms with Gasteiger partial charge in [0, 0.05) is 53.7 Å². The number of anilines is 5. The fourth-order valence-corrected chi connectivity index (χ4v) is 10.7. The SMILES string of the molecule is CC(C)(C)c1ccc(N2B3c4cc5c(cc4N(c4ccc(C(C)(C)C)cc4-c4ccccc4)c4c3c(cc3ccccc43)-c3ccccc32)sc2ccccc25)cc1. The zero-order valence-electron chi connectivity index (χ0n) is 34.0. The van der Waals surface area contributed by atoms with Gasteiger partial charge in [0.1, 0.15) is 0 Å². The molecular formula is C54H45BN2S. The second kappa shape index (κ2) is 12.7. The van der Waals surface area contributed by atoms with Crippen LogP contribution in [0.15, 0.2) is 164 Å². The number of hydrogen-bond acceptors (Lipinski definition) is 3. The largest absolute Gasteiger partial charge is 0.376 e. The van der Waals surface area contributed by atoms with Crippen LogP contribution in [-0.4, -0.2) is 6.85 Å². The lowest BCUT2D eigenvalue weighted by atomic mass is 9.43. The van der Waals surface area contributed by atoms with Gasteiger partial charge in [-0.15, -0.1) is 11.3 Å². The first kappa shape index (κ1) is 35.1. The van der Waals surface area contributed by atoms with E-state index in [1.165, 1.54) is 104 Å². The first-order chi connectivity index (χ1) is 28.0. The summed E-state index contributed by atoms with van der Waals surface area (Å²) in [5.74, 6) is 0. The number of rotatable bonds is 3. The molecule has 0 fully saturated rings. The van der Waals surface area contributed by atoms with Crippen LogP contribution in [-0.2, 0) is 10.8 Å². The van der Waals surface area contributed by atoms with Gasteiger partial charge in [0.2, 0.25) is 0 Å². The maximum Gasteiger partial charge on any atom is 0.333 e. The highest BCUT2D eigenvalue weighted by Crippen LogP contribution is 2.52. The van der Waals surface area contributed by atoms with E-state index < -0.39 is 0 Å². The molecule has 0 unspecified atom stereocenters. The van der Waals surface area contributed by atoms with Crippen LogP contribution < -0.4 is 20.6 Å². The summed E-state index contributed by atoms with van der Waals surface area (Å²) < 4.78 is 2.62. The Hall–Kier alpha value is -6.10. The van der Waals surface area contributed by atoms with Gasteiger partial charge >= 0.3 is 6.85 Å². The number of benzene rings is 8. The molecule has 11 rings (SSSR count). The summed E-state index contributed by atoms with van der Waals surface area (Å²) in [4.78, 5) is 5.28. The lowest BCUT2D eigenvalue weighted by Crippen LogP contribution is -2.61. The van der Waals surface area contributed by atoms with Crippen molar-refractivity contribution in [3.63, 3.8) is 0 Å². The molecule has 4 heteroatoms. The van der Waals surface area contributed by atoms with Crippen molar-refractivity contribution in [2.75, 3.05) is 9.71 Å². The third-order valence-corrected chi connectivity index (χ3v) is 13.7. The molecule has 9 aromatic rings. The first-order valence-corrected chi connectivity index (χ1v) is 21.4. The molecule has 0 bridgehead atoms. The molecule has 8 aromatic carbocycles. The molecule has 2 aliphatic heterocycles. The average Bonchev–Trinajstić information content (AvgIpc) is 3.60. The molecule has 0 saturated carbocycles. The minimum atomic E-state index is -0.0756. The maximum absolute atomic E-state index is 2.64. The van der Waals surface area contributed by atoms with E-state index in [1.807, 2.05) is 11.3 Å². The monoisotopic (exact) mass is 764 g/mol. The smallest absolute Gasteiger partial charge is 0.333 e. The summed E-state index contributed by atoms with van der Waals surface area (Å²) in [6.45, 7) is 13.8. The van der Waals surface area contributed by atoms with E-state index in [-0.39, 0.29) is 17.7 Å². The second-order valence-electron chi connectivity index (χ2n) is 18.2. The normalized spacial score (nSPS) is 13.6. The van der Waals surface area contributed by atoms with Gasteiger partial charge in [0.25, 0.3) is 0 Å². The highest BCUT2D eigenvalue weighted by atomic mass is 32.1. The summed E-state index contributed by atoms with van der Waals surface area (Å²) in [5.41, 5.74) is 16.5. The fourth-order valence-electron chi connectivity index (χ4n) is 9.58. The Morgan fingerprint density at radius 2 is 1.14 bits per heavy atom. The Balaban J connectivity index is 1.30. The fraction of sp³-hybridized carbons (Fsp3) is 0.148. The third-order valence-electron chi connectivity index (χ3n) is 12.5. The number of thiophene rings is 1. The van der Waals surface area contributed by atoms with Crippen LogP contribution in [0, 0.1) is 0 Å². The molecule has 0 radical (unpaired) electrons. The molecule has 0 atom stereocenters. The lowest BCUT2D eigenvalue weighted by molar-refractivity contribution is 0.590. The van der Waals surface area contributed by atoms with Crippen molar-refractivity contribution in [2.45, 2.75) is 52.4 Å². The molecule has 2 aliphatic rings.